The maximum Gasteiger partial charge on any atom is 0.243 e. The lowest BCUT2D eigenvalue weighted by Gasteiger charge is -2.24. The molecule has 3 rings (SSSR count). The third-order valence-corrected chi connectivity index (χ3v) is 5.73. The summed E-state index contributed by atoms with van der Waals surface area (Å²) in [6, 6.07) is 11.6. The van der Waals surface area contributed by atoms with Crippen LogP contribution >= 0.6 is 11.3 Å². The molecule has 2 heterocycles. The van der Waals surface area contributed by atoms with Gasteiger partial charge in [0.15, 0.2) is 0 Å². The van der Waals surface area contributed by atoms with E-state index in [9.17, 15) is 9.59 Å². The number of carbonyl (C=O) groups excluding carboxylic acids is 2. The van der Waals surface area contributed by atoms with Gasteiger partial charge in [0, 0.05) is 18.0 Å². The molecule has 0 saturated carbocycles. The van der Waals surface area contributed by atoms with Crippen molar-refractivity contribution in [3.8, 4) is 0 Å². The summed E-state index contributed by atoms with van der Waals surface area (Å²) in [5.41, 5.74) is 2.15. The van der Waals surface area contributed by atoms with E-state index in [1.807, 2.05) is 55.6 Å². The Morgan fingerprint density at radius 3 is 2.64 bits per heavy atom. The van der Waals surface area contributed by atoms with Crippen molar-refractivity contribution >= 4 is 23.2 Å². The normalized spacial score (nSPS) is 16.5. The fourth-order valence-corrected chi connectivity index (χ4v) is 4.02. The molecule has 0 radical (unpaired) electrons. The molecule has 28 heavy (non-hydrogen) atoms. The highest BCUT2D eigenvalue weighted by Crippen LogP contribution is 2.20. The van der Waals surface area contributed by atoms with Crippen molar-refractivity contribution in [2.75, 3.05) is 6.54 Å². The van der Waals surface area contributed by atoms with Gasteiger partial charge >= 0.3 is 0 Å². The number of benzene rings is 1. The maximum absolute atomic E-state index is 12.7. The van der Waals surface area contributed by atoms with Crippen LogP contribution in [0.1, 0.15) is 42.7 Å². The van der Waals surface area contributed by atoms with Gasteiger partial charge in [-0.05, 0) is 49.3 Å². The molecule has 2 amide bonds. The first kappa shape index (κ1) is 20.6. The molecule has 150 valence electrons. The number of carbonyl (C=O) groups is 2. The van der Waals surface area contributed by atoms with Crippen molar-refractivity contribution in [1.29, 1.82) is 0 Å². The van der Waals surface area contributed by atoms with Gasteiger partial charge in [-0.2, -0.15) is 0 Å². The summed E-state index contributed by atoms with van der Waals surface area (Å²) in [4.78, 5) is 28.0. The topological polar surface area (TPSA) is 58.6 Å². The number of rotatable bonds is 8. The zero-order valence-corrected chi connectivity index (χ0v) is 17.3. The molecule has 1 aromatic carbocycles. The minimum atomic E-state index is -0.355. The fraction of sp³-hybridized carbons (Fsp3) is 0.455. The van der Waals surface area contributed by atoms with Crippen LogP contribution in [-0.4, -0.2) is 35.4 Å². The van der Waals surface area contributed by atoms with E-state index in [4.69, 9.17) is 4.74 Å². The molecule has 1 aromatic heterocycles. The summed E-state index contributed by atoms with van der Waals surface area (Å²) < 4.78 is 5.60. The average Bonchev–Trinajstić information content (AvgIpc) is 3.37. The lowest BCUT2D eigenvalue weighted by atomic mass is 10.1. The van der Waals surface area contributed by atoms with Crippen molar-refractivity contribution in [2.24, 2.45) is 0 Å². The summed E-state index contributed by atoms with van der Waals surface area (Å²) in [7, 11) is 0. The molecule has 1 saturated heterocycles. The van der Waals surface area contributed by atoms with Gasteiger partial charge in [-0.3, -0.25) is 9.59 Å². The lowest BCUT2D eigenvalue weighted by molar-refractivity contribution is -0.138. The minimum absolute atomic E-state index is 0.0367. The van der Waals surface area contributed by atoms with Crippen LogP contribution in [0.5, 0.6) is 0 Å². The maximum atomic E-state index is 12.7. The van der Waals surface area contributed by atoms with Crippen LogP contribution in [0.2, 0.25) is 0 Å². The molecular formula is C22H28N2O3S. The summed E-state index contributed by atoms with van der Waals surface area (Å²) in [6.07, 6.45) is 2.18. The first-order valence-electron chi connectivity index (χ1n) is 9.82. The number of ether oxygens (including phenoxy) is 1. The zero-order valence-electron chi connectivity index (χ0n) is 16.5. The highest BCUT2D eigenvalue weighted by molar-refractivity contribution is 7.10. The number of nitrogens with zero attached hydrogens (tertiary/aromatic N) is 1. The Bertz CT molecular complexity index is 772. The Kier molecular flexibility index (Phi) is 7.23. The molecule has 5 nitrogen and oxygen atoms in total. The molecule has 0 spiro atoms. The van der Waals surface area contributed by atoms with Crippen LogP contribution in [0.3, 0.4) is 0 Å². The van der Waals surface area contributed by atoms with Crippen LogP contribution in [0.25, 0.3) is 0 Å². The minimum Gasteiger partial charge on any atom is -0.374 e. The number of hydrogen-bond donors (Lipinski definition) is 1. The van der Waals surface area contributed by atoms with E-state index in [2.05, 4.69) is 5.32 Å². The van der Waals surface area contributed by atoms with Gasteiger partial charge < -0.3 is 15.0 Å². The molecule has 1 aliphatic rings. The second kappa shape index (κ2) is 9.85. The zero-order chi connectivity index (χ0) is 19.9. The van der Waals surface area contributed by atoms with Gasteiger partial charge in [-0.15, -0.1) is 11.3 Å². The highest BCUT2D eigenvalue weighted by Gasteiger charge is 2.33. The van der Waals surface area contributed by atoms with Crippen LogP contribution in [0.15, 0.2) is 41.8 Å². The summed E-state index contributed by atoms with van der Waals surface area (Å²) >= 11 is 1.58. The van der Waals surface area contributed by atoms with Gasteiger partial charge in [-0.1, -0.05) is 30.3 Å². The van der Waals surface area contributed by atoms with Crippen LogP contribution in [0, 0.1) is 0 Å². The van der Waals surface area contributed by atoms with Crippen molar-refractivity contribution in [1.82, 2.24) is 10.2 Å². The number of hydrogen-bond acceptors (Lipinski definition) is 4. The number of amides is 2. The fourth-order valence-electron chi connectivity index (χ4n) is 3.32. The Hall–Kier alpha value is -2.18. The SMILES string of the molecule is CC(C)OCc1ccc(CNC(=O)C2CCCN2C(=O)Cc2cccs2)cc1. The molecule has 1 fully saturated rings. The smallest absolute Gasteiger partial charge is 0.243 e. The molecule has 0 bridgehead atoms. The second-order valence-corrected chi connectivity index (χ2v) is 8.43. The summed E-state index contributed by atoms with van der Waals surface area (Å²) in [5, 5.41) is 4.96. The first-order chi connectivity index (χ1) is 13.5. The Balaban J connectivity index is 1.50. The Morgan fingerprint density at radius 1 is 1.21 bits per heavy atom. The van der Waals surface area contributed by atoms with E-state index in [0.29, 0.717) is 26.1 Å². The Labute approximate surface area is 170 Å². The number of likely N-dealkylation sites (tertiary alicyclic amines) is 1. The molecule has 6 heteroatoms. The lowest BCUT2D eigenvalue weighted by Crippen LogP contribution is -2.46. The third-order valence-electron chi connectivity index (χ3n) is 4.85. The number of thiophene rings is 1. The van der Waals surface area contributed by atoms with Gasteiger partial charge in [0.25, 0.3) is 0 Å². The molecule has 1 N–H and O–H groups in total. The van der Waals surface area contributed by atoms with E-state index in [0.717, 1.165) is 28.8 Å². The molecule has 0 aliphatic carbocycles. The summed E-state index contributed by atoms with van der Waals surface area (Å²) in [5.74, 6) is -0.0288. The quantitative estimate of drug-likeness (QED) is 0.738. The molecular weight excluding hydrogens is 372 g/mol. The van der Waals surface area contributed by atoms with Gasteiger partial charge in [0.05, 0.1) is 19.1 Å². The van der Waals surface area contributed by atoms with Crippen molar-refractivity contribution in [2.45, 2.75) is 58.4 Å². The average molecular weight is 401 g/mol. The molecule has 1 atom stereocenters. The van der Waals surface area contributed by atoms with Crippen molar-refractivity contribution in [3.05, 3.63) is 57.8 Å². The van der Waals surface area contributed by atoms with E-state index in [1.165, 1.54) is 0 Å². The van der Waals surface area contributed by atoms with Crippen LogP contribution in [-0.2, 0) is 33.9 Å². The predicted octanol–water partition coefficient (Wildman–Crippen LogP) is 3.52. The second-order valence-electron chi connectivity index (χ2n) is 7.40. The van der Waals surface area contributed by atoms with E-state index >= 15 is 0 Å². The van der Waals surface area contributed by atoms with Gasteiger partial charge in [0.2, 0.25) is 11.8 Å². The van der Waals surface area contributed by atoms with Gasteiger partial charge in [-0.25, -0.2) is 0 Å². The largest absolute Gasteiger partial charge is 0.374 e. The van der Waals surface area contributed by atoms with Crippen molar-refractivity contribution < 1.29 is 14.3 Å². The van der Waals surface area contributed by atoms with E-state index in [-0.39, 0.29) is 24.0 Å². The standard InChI is InChI=1S/C22H28N2O3S/c1-16(2)27-15-18-9-7-17(8-10-18)14-23-22(26)20-6-3-11-24(20)21(25)13-19-5-4-12-28-19/h4-5,7-10,12,16,20H,3,6,11,13-15H2,1-2H3,(H,23,26). The van der Waals surface area contributed by atoms with E-state index < -0.39 is 0 Å². The van der Waals surface area contributed by atoms with Crippen molar-refractivity contribution in [3.63, 3.8) is 0 Å². The first-order valence-corrected chi connectivity index (χ1v) is 10.7. The highest BCUT2D eigenvalue weighted by atomic mass is 32.1. The predicted molar refractivity (Wildman–Crippen MR) is 111 cm³/mol. The molecule has 1 unspecified atom stereocenters. The molecule has 2 aromatic rings. The number of nitrogens with one attached hydrogen (secondary N) is 1. The van der Waals surface area contributed by atoms with Crippen LogP contribution < -0.4 is 5.32 Å². The van der Waals surface area contributed by atoms with Crippen LogP contribution in [0.4, 0.5) is 0 Å². The molecule has 1 aliphatic heterocycles. The Morgan fingerprint density at radius 2 is 1.96 bits per heavy atom. The third kappa shape index (κ3) is 5.66. The summed E-state index contributed by atoms with van der Waals surface area (Å²) in [6.45, 7) is 5.75. The monoisotopic (exact) mass is 400 g/mol. The van der Waals surface area contributed by atoms with Gasteiger partial charge in [0.1, 0.15) is 6.04 Å². The van der Waals surface area contributed by atoms with E-state index in [1.54, 1.807) is 16.2 Å².